The van der Waals surface area contributed by atoms with Gasteiger partial charge < -0.3 is 4.74 Å². The van der Waals surface area contributed by atoms with Gasteiger partial charge in [-0.25, -0.2) is 9.97 Å². The van der Waals surface area contributed by atoms with Gasteiger partial charge in [0.05, 0.1) is 12.8 Å². The predicted molar refractivity (Wildman–Crippen MR) is 106 cm³/mol. The largest absolute Gasteiger partial charge is 0.496 e. The quantitative estimate of drug-likeness (QED) is 0.710. The van der Waals surface area contributed by atoms with Crippen molar-refractivity contribution in [1.29, 1.82) is 0 Å². The lowest BCUT2D eigenvalue weighted by Gasteiger charge is -2.29. The number of benzene rings is 1. The predicted octanol–water partition coefficient (Wildman–Crippen LogP) is 3.72. The Bertz CT molecular complexity index is 956. The Labute approximate surface area is 160 Å². The minimum absolute atomic E-state index is 0.784. The van der Waals surface area contributed by atoms with Crippen LogP contribution in [0.2, 0.25) is 0 Å². The fraction of sp³-hybridized carbons (Fsp3) is 0.318. The van der Waals surface area contributed by atoms with Crippen molar-refractivity contribution < 1.29 is 4.74 Å². The van der Waals surface area contributed by atoms with Gasteiger partial charge in [0, 0.05) is 55.8 Å². The average molecular weight is 360 g/mol. The summed E-state index contributed by atoms with van der Waals surface area (Å²) in [6, 6.07) is 8.15. The van der Waals surface area contributed by atoms with Crippen molar-refractivity contribution >= 4 is 0 Å². The van der Waals surface area contributed by atoms with Gasteiger partial charge in [-0.2, -0.15) is 0 Å². The molecule has 0 unspecified atom stereocenters. The van der Waals surface area contributed by atoms with Gasteiger partial charge in [-0.15, -0.1) is 0 Å². The molecule has 0 bridgehead atoms. The lowest BCUT2D eigenvalue weighted by Crippen LogP contribution is -2.31. The summed E-state index contributed by atoms with van der Waals surface area (Å²) >= 11 is 0. The standard InChI is InChI=1S/C22H24N4O/c1-15-16(2)21(27-3)5-4-18(15)13-26-11-8-20-19(14-26)12-24-22(25-20)17-6-9-23-10-7-17/h4-7,9-10,12H,8,11,13-14H2,1-3H3. The van der Waals surface area contributed by atoms with Gasteiger partial charge in [0.1, 0.15) is 5.75 Å². The molecule has 138 valence electrons. The molecule has 3 aromatic rings. The van der Waals surface area contributed by atoms with Crippen LogP contribution in [0, 0.1) is 13.8 Å². The Hall–Kier alpha value is -2.79. The Morgan fingerprint density at radius 3 is 2.67 bits per heavy atom. The molecule has 1 aliphatic heterocycles. The van der Waals surface area contributed by atoms with E-state index in [0.717, 1.165) is 48.9 Å². The van der Waals surface area contributed by atoms with Gasteiger partial charge in [0.15, 0.2) is 5.82 Å². The first-order valence-electron chi connectivity index (χ1n) is 9.26. The molecule has 0 spiro atoms. The number of fused-ring (bicyclic) bond motifs is 1. The Morgan fingerprint density at radius 2 is 1.89 bits per heavy atom. The number of hydrogen-bond donors (Lipinski definition) is 0. The van der Waals surface area contributed by atoms with E-state index >= 15 is 0 Å². The van der Waals surface area contributed by atoms with Crippen molar-refractivity contribution in [2.45, 2.75) is 33.4 Å². The molecule has 0 saturated carbocycles. The summed E-state index contributed by atoms with van der Waals surface area (Å²) in [5, 5.41) is 0. The van der Waals surface area contributed by atoms with Gasteiger partial charge in [0.2, 0.25) is 0 Å². The van der Waals surface area contributed by atoms with Crippen LogP contribution in [0.5, 0.6) is 5.75 Å². The van der Waals surface area contributed by atoms with E-state index in [-0.39, 0.29) is 0 Å². The first-order chi connectivity index (χ1) is 13.2. The van der Waals surface area contributed by atoms with Gasteiger partial charge in [0.25, 0.3) is 0 Å². The number of pyridine rings is 1. The van der Waals surface area contributed by atoms with Crippen molar-refractivity contribution in [3.63, 3.8) is 0 Å². The molecule has 0 saturated heterocycles. The zero-order chi connectivity index (χ0) is 18.8. The third-order valence-corrected chi connectivity index (χ3v) is 5.42. The van der Waals surface area contributed by atoms with E-state index in [0.29, 0.717) is 0 Å². The Kier molecular flexibility index (Phi) is 4.86. The molecule has 1 aliphatic rings. The van der Waals surface area contributed by atoms with E-state index < -0.39 is 0 Å². The highest BCUT2D eigenvalue weighted by molar-refractivity contribution is 5.54. The van der Waals surface area contributed by atoms with Crippen molar-refractivity contribution in [3.8, 4) is 17.1 Å². The van der Waals surface area contributed by atoms with E-state index in [1.54, 1.807) is 19.5 Å². The molecule has 27 heavy (non-hydrogen) atoms. The van der Waals surface area contributed by atoms with Gasteiger partial charge in [-0.1, -0.05) is 6.07 Å². The Balaban J connectivity index is 1.52. The fourth-order valence-electron chi connectivity index (χ4n) is 3.63. The minimum Gasteiger partial charge on any atom is -0.496 e. The molecule has 0 atom stereocenters. The molecule has 5 heteroatoms. The zero-order valence-electron chi connectivity index (χ0n) is 16.1. The second-order valence-electron chi connectivity index (χ2n) is 7.04. The van der Waals surface area contributed by atoms with E-state index in [1.807, 2.05) is 18.3 Å². The number of aromatic nitrogens is 3. The number of rotatable bonds is 4. The lowest BCUT2D eigenvalue weighted by molar-refractivity contribution is 0.242. The smallest absolute Gasteiger partial charge is 0.159 e. The lowest BCUT2D eigenvalue weighted by atomic mass is 10.0. The van der Waals surface area contributed by atoms with Crippen LogP contribution in [0.3, 0.4) is 0 Å². The first kappa shape index (κ1) is 17.6. The third-order valence-electron chi connectivity index (χ3n) is 5.42. The molecule has 0 fully saturated rings. The molecule has 5 nitrogen and oxygen atoms in total. The zero-order valence-corrected chi connectivity index (χ0v) is 16.1. The summed E-state index contributed by atoms with van der Waals surface area (Å²) in [6.07, 6.45) is 6.48. The molecule has 0 aliphatic carbocycles. The highest BCUT2D eigenvalue weighted by atomic mass is 16.5. The topological polar surface area (TPSA) is 51.1 Å². The van der Waals surface area contributed by atoms with Gasteiger partial charge in [-0.05, 0) is 48.7 Å². The van der Waals surface area contributed by atoms with Crippen molar-refractivity contribution in [1.82, 2.24) is 19.9 Å². The van der Waals surface area contributed by atoms with E-state index in [9.17, 15) is 0 Å². The van der Waals surface area contributed by atoms with Crippen molar-refractivity contribution in [3.05, 3.63) is 70.8 Å². The molecular weight excluding hydrogens is 336 g/mol. The SMILES string of the molecule is COc1ccc(CN2CCc3nc(-c4ccncc4)ncc3C2)c(C)c1C. The van der Waals surface area contributed by atoms with Gasteiger partial charge >= 0.3 is 0 Å². The number of hydrogen-bond acceptors (Lipinski definition) is 5. The minimum atomic E-state index is 0.784. The molecule has 1 aromatic carbocycles. The van der Waals surface area contributed by atoms with Crippen molar-refractivity contribution in [2.75, 3.05) is 13.7 Å². The molecule has 2 aromatic heterocycles. The van der Waals surface area contributed by atoms with Crippen LogP contribution in [0.25, 0.3) is 11.4 Å². The van der Waals surface area contributed by atoms with E-state index in [2.05, 4.69) is 40.8 Å². The first-order valence-corrected chi connectivity index (χ1v) is 9.26. The normalized spacial score (nSPS) is 14.0. The number of methoxy groups -OCH3 is 1. The maximum Gasteiger partial charge on any atom is 0.159 e. The van der Waals surface area contributed by atoms with Crippen LogP contribution >= 0.6 is 0 Å². The summed E-state index contributed by atoms with van der Waals surface area (Å²) in [5.41, 5.74) is 7.28. The fourth-order valence-corrected chi connectivity index (χ4v) is 3.63. The maximum atomic E-state index is 5.43. The summed E-state index contributed by atoms with van der Waals surface area (Å²) in [7, 11) is 1.73. The van der Waals surface area contributed by atoms with E-state index in [4.69, 9.17) is 9.72 Å². The number of ether oxygens (including phenoxy) is 1. The van der Waals surface area contributed by atoms with Crippen LogP contribution in [-0.2, 0) is 19.5 Å². The van der Waals surface area contributed by atoms with Crippen LogP contribution in [-0.4, -0.2) is 33.5 Å². The molecule has 0 radical (unpaired) electrons. The molecule has 3 heterocycles. The summed E-state index contributed by atoms with van der Waals surface area (Å²) < 4.78 is 5.43. The third kappa shape index (κ3) is 3.55. The number of nitrogens with zero attached hydrogens (tertiary/aromatic N) is 4. The monoisotopic (exact) mass is 360 g/mol. The van der Waals surface area contributed by atoms with Crippen LogP contribution in [0.4, 0.5) is 0 Å². The summed E-state index contributed by atoms with van der Waals surface area (Å²) in [6.45, 7) is 7.12. The molecule has 0 amide bonds. The molecule has 0 N–H and O–H groups in total. The Morgan fingerprint density at radius 1 is 1.07 bits per heavy atom. The van der Waals surface area contributed by atoms with Gasteiger partial charge in [-0.3, -0.25) is 9.88 Å². The molecule has 4 rings (SSSR count). The highest BCUT2D eigenvalue weighted by Crippen LogP contribution is 2.27. The van der Waals surface area contributed by atoms with Crippen LogP contribution < -0.4 is 4.74 Å². The summed E-state index contributed by atoms with van der Waals surface area (Å²) in [5.74, 6) is 1.74. The van der Waals surface area contributed by atoms with Crippen molar-refractivity contribution in [2.24, 2.45) is 0 Å². The van der Waals surface area contributed by atoms with E-state index in [1.165, 1.54) is 22.3 Å². The maximum absolute atomic E-state index is 5.43. The second-order valence-corrected chi connectivity index (χ2v) is 7.04. The average Bonchev–Trinajstić information content (AvgIpc) is 2.72. The molecular formula is C22H24N4O. The van der Waals surface area contributed by atoms with Crippen LogP contribution in [0.15, 0.2) is 42.9 Å². The van der Waals surface area contributed by atoms with Crippen LogP contribution in [0.1, 0.15) is 27.9 Å². The summed E-state index contributed by atoms with van der Waals surface area (Å²) in [4.78, 5) is 15.9. The second kappa shape index (κ2) is 7.45. The highest BCUT2D eigenvalue weighted by Gasteiger charge is 2.20.